The summed E-state index contributed by atoms with van der Waals surface area (Å²) in [6.45, 7) is 4.47. The molecule has 0 bridgehead atoms. The Bertz CT molecular complexity index is 341. The average Bonchev–Trinajstić information content (AvgIpc) is 2.10. The van der Waals surface area contributed by atoms with Crippen LogP contribution in [0.15, 0.2) is 29.8 Å². The molecule has 14 heavy (non-hydrogen) atoms. The Labute approximate surface area is 87.0 Å². The summed E-state index contributed by atoms with van der Waals surface area (Å²) in [5.41, 5.74) is 0.748. The molecule has 0 atom stereocenters. The number of phenols is 1. The Morgan fingerprint density at radius 1 is 1.57 bits per heavy atom. The normalized spacial score (nSPS) is 10.1. The van der Waals surface area contributed by atoms with Crippen molar-refractivity contribution in [2.24, 2.45) is 0 Å². The first kappa shape index (κ1) is 11.0. The fourth-order valence-corrected chi connectivity index (χ4v) is 1.10. The van der Waals surface area contributed by atoms with E-state index in [0.29, 0.717) is 18.1 Å². The largest absolute Gasteiger partial charge is 0.505 e. The number of hydrogen-bond acceptors (Lipinski definition) is 2. The van der Waals surface area contributed by atoms with Crippen LogP contribution in [0.5, 0.6) is 5.75 Å². The minimum absolute atomic E-state index is 0.337. The van der Waals surface area contributed by atoms with Crippen molar-refractivity contribution >= 4 is 11.6 Å². The van der Waals surface area contributed by atoms with E-state index in [1.165, 1.54) is 12.1 Å². The van der Waals surface area contributed by atoms with Crippen LogP contribution in [-0.4, -0.2) is 11.7 Å². The van der Waals surface area contributed by atoms with Crippen LogP contribution >= 0.6 is 11.6 Å². The smallest absolute Gasteiger partial charge is 0.165 e. The van der Waals surface area contributed by atoms with Gasteiger partial charge in [-0.05, 0) is 17.7 Å². The number of halogens is 2. The van der Waals surface area contributed by atoms with Gasteiger partial charge in [0.25, 0.3) is 0 Å². The molecule has 0 aromatic heterocycles. The van der Waals surface area contributed by atoms with Gasteiger partial charge in [0.15, 0.2) is 11.6 Å². The zero-order chi connectivity index (χ0) is 10.6. The molecule has 1 aromatic carbocycles. The molecule has 1 rings (SSSR count). The van der Waals surface area contributed by atoms with Crippen LogP contribution in [0.25, 0.3) is 0 Å². The molecule has 76 valence electrons. The molecule has 0 amide bonds. The van der Waals surface area contributed by atoms with E-state index >= 15 is 0 Å². The van der Waals surface area contributed by atoms with Crippen LogP contribution in [-0.2, 0) is 6.54 Å². The summed E-state index contributed by atoms with van der Waals surface area (Å²) in [4.78, 5) is 0. The van der Waals surface area contributed by atoms with E-state index in [4.69, 9.17) is 16.7 Å². The molecule has 0 radical (unpaired) electrons. The second kappa shape index (κ2) is 4.98. The monoisotopic (exact) mass is 215 g/mol. The van der Waals surface area contributed by atoms with E-state index in [0.717, 1.165) is 5.56 Å². The van der Waals surface area contributed by atoms with Gasteiger partial charge in [0.2, 0.25) is 0 Å². The van der Waals surface area contributed by atoms with Crippen molar-refractivity contribution in [1.82, 2.24) is 5.32 Å². The van der Waals surface area contributed by atoms with Crippen LogP contribution in [0.4, 0.5) is 4.39 Å². The molecule has 1 aromatic rings. The van der Waals surface area contributed by atoms with E-state index in [1.54, 1.807) is 6.07 Å². The van der Waals surface area contributed by atoms with Crippen LogP contribution in [0.2, 0.25) is 0 Å². The highest BCUT2D eigenvalue weighted by molar-refractivity contribution is 6.29. The second-order valence-electron chi connectivity index (χ2n) is 2.91. The SMILES string of the molecule is C=C(Cl)CNCc1ccc(O)c(F)c1. The Balaban J connectivity index is 2.51. The van der Waals surface area contributed by atoms with Gasteiger partial charge in [0.05, 0.1) is 0 Å². The highest BCUT2D eigenvalue weighted by Crippen LogP contribution is 2.15. The molecule has 0 aliphatic carbocycles. The third-order valence-corrected chi connectivity index (χ3v) is 1.79. The topological polar surface area (TPSA) is 32.3 Å². The van der Waals surface area contributed by atoms with E-state index < -0.39 is 5.82 Å². The van der Waals surface area contributed by atoms with Gasteiger partial charge < -0.3 is 10.4 Å². The van der Waals surface area contributed by atoms with Crippen molar-refractivity contribution in [3.63, 3.8) is 0 Å². The van der Waals surface area contributed by atoms with E-state index in [2.05, 4.69) is 11.9 Å². The van der Waals surface area contributed by atoms with Gasteiger partial charge in [-0.25, -0.2) is 4.39 Å². The van der Waals surface area contributed by atoms with E-state index in [1.807, 2.05) is 0 Å². The predicted molar refractivity (Wildman–Crippen MR) is 54.8 cm³/mol. The Kier molecular flexibility index (Phi) is 3.92. The number of rotatable bonds is 4. The number of phenolic OH excluding ortho intramolecular Hbond substituents is 1. The number of nitrogens with one attached hydrogen (secondary N) is 1. The predicted octanol–water partition coefficient (Wildman–Crippen LogP) is 2.37. The molecule has 0 saturated carbocycles. The summed E-state index contributed by atoms with van der Waals surface area (Å²) in [6.07, 6.45) is 0. The number of hydrogen-bond donors (Lipinski definition) is 2. The minimum Gasteiger partial charge on any atom is -0.505 e. The van der Waals surface area contributed by atoms with E-state index in [9.17, 15) is 4.39 Å². The standard InChI is InChI=1S/C10H11ClFNO/c1-7(11)5-13-6-8-2-3-10(14)9(12)4-8/h2-4,13-14H,1,5-6H2. The number of benzene rings is 1. The maximum absolute atomic E-state index is 12.8. The highest BCUT2D eigenvalue weighted by atomic mass is 35.5. The van der Waals surface area contributed by atoms with Crippen molar-refractivity contribution in [2.45, 2.75) is 6.54 Å². The molecule has 0 aliphatic rings. The summed E-state index contributed by atoms with van der Waals surface area (Å²) in [5.74, 6) is -0.954. The van der Waals surface area contributed by atoms with Gasteiger partial charge in [-0.2, -0.15) is 0 Å². The first-order valence-corrected chi connectivity index (χ1v) is 4.49. The lowest BCUT2D eigenvalue weighted by Gasteiger charge is -2.04. The van der Waals surface area contributed by atoms with Gasteiger partial charge in [-0.1, -0.05) is 24.2 Å². The van der Waals surface area contributed by atoms with Crippen molar-refractivity contribution in [3.8, 4) is 5.75 Å². The van der Waals surface area contributed by atoms with Gasteiger partial charge >= 0.3 is 0 Å². The first-order valence-electron chi connectivity index (χ1n) is 4.11. The Morgan fingerprint density at radius 2 is 2.29 bits per heavy atom. The molecular formula is C10H11ClFNO. The number of aromatic hydroxyl groups is 1. The van der Waals surface area contributed by atoms with Gasteiger partial charge in [0.1, 0.15) is 0 Å². The third-order valence-electron chi connectivity index (χ3n) is 1.66. The van der Waals surface area contributed by atoms with Gasteiger partial charge in [-0.15, -0.1) is 0 Å². The van der Waals surface area contributed by atoms with Crippen molar-refractivity contribution in [3.05, 3.63) is 41.2 Å². The molecule has 0 unspecified atom stereocenters. The molecule has 4 heteroatoms. The van der Waals surface area contributed by atoms with Crippen LogP contribution in [0.3, 0.4) is 0 Å². The quantitative estimate of drug-likeness (QED) is 0.808. The molecule has 2 nitrogen and oxygen atoms in total. The van der Waals surface area contributed by atoms with Crippen LogP contribution < -0.4 is 5.32 Å². The van der Waals surface area contributed by atoms with Crippen molar-refractivity contribution < 1.29 is 9.50 Å². The van der Waals surface area contributed by atoms with Gasteiger partial charge in [-0.3, -0.25) is 0 Å². The lowest BCUT2D eigenvalue weighted by Crippen LogP contribution is -2.14. The molecule has 0 heterocycles. The summed E-state index contributed by atoms with van der Waals surface area (Å²) in [5, 5.41) is 12.4. The molecule has 2 N–H and O–H groups in total. The van der Waals surface area contributed by atoms with Gasteiger partial charge in [0, 0.05) is 18.1 Å². The minimum atomic E-state index is -0.617. The summed E-state index contributed by atoms with van der Waals surface area (Å²) in [6, 6.07) is 4.24. The van der Waals surface area contributed by atoms with Crippen molar-refractivity contribution in [2.75, 3.05) is 6.54 Å². The Hall–Kier alpha value is -1.06. The summed E-state index contributed by atoms with van der Waals surface area (Å²) < 4.78 is 12.8. The molecule has 0 spiro atoms. The Morgan fingerprint density at radius 3 is 2.86 bits per heavy atom. The maximum atomic E-state index is 12.8. The molecule has 0 fully saturated rings. The molecule has 0 aliphatic heterocycles. The fourth-order valence-electron chi connectivity index (χ4n) is 1.00. The van der Waals surface area contributed by atoms with Crippen LogP contribution in [0.1, 0.15) is 5.56 Å². The summed E-state index contributed by atoms with van der Waals surface area (Å²) >= 11 is 5.53. The summed E-state index contributed by atoms with van der Waals surface area (Å²) in [7, 11) is 0. The molecular weight excluding hydrogens is 205 g/mol. The van der Waals surface area contributed by atoms with E-state index in [-0.39, 0.29) is 5.75 Å². The molecule has 0 saturated heterocycles. The first-order chi connectivity index (χ1) is 6.59. The van der Waals surface area contributed by atoms with Crippen molar-refractivity contribution in [1.29, 1.82) is 0 Å². The lowest BCUT2D eigenvalue weighted by molar-refractivity contribution is 0.431. The van der Waals surface area contributed by atoms with Crippen LogP contribution in [0, 0.1) is 5.82 Å². The zero-order valence-electron chi connectivity index (χ0n) is 7.56. The third kappa shape index (κ3) is 3.36. The average molecular weight is 216 g/mol. The second-order valence-corrected chi connectivity index (χ2v) is 3.44. The fraction of sp³-hybridized carbons (Fsp3) is 0.200. The maximum Gasteiger partial charge on any atom is 0.165 e. The zero-order valence-corrected chi connectivity index (χ0v) is 8.31. The lowest BCUT2D eigenvalue weighted by atomic mass is 10.2. The highest BCUT2D eigenvalue weighted by Gasteiger charge is 2.00.